The Hall–Kier alpha value is -0.920. The van der Waals surface area contributed by atoms with Crippen LogP contribution in [0.15, 0.2) is 12.2 Å². The number of hydrogen-bond acceptors (Lipinski definition) is 11. The van der Waals surface area contributed by atoms with Crippen LogP contribution in [-0.2, 0) is 27.9 Å². The Bertz CT molecular complexity index is 1110. The van der Waals surface area contributed by atoms with Crippen LogP contribution < -0.4 is 0 Å². The van der Waals surface area contributed by atoms with E-state index in [2.05, 4.69) is 26.0 Å². The van der Waals surface area contributed by atoms with Crippen LogP contribution in [-0.4, -0.2) is 98.9 Å². The van der Waals surface area contributed by atoms with Gasteiger partial charge in [0, 0.05) is 13.0 Å². The molecule has 0 aromatic rings. The number of phosphoric ester groups is 1. The minimum Gasteiger partial charge on any atom is -0.457 e. The monoisotopic (exact) mass is 935 g/mol. The van der Waals surface area contributed by atoms with Crippen molar-refractivity contribution in [2.24, 2.45) is 0 Å². The standard InChI is InChI=1S/C51H99O12P/c1-3-5-7-9-11-13-15-17-19-21-22-23-24-25-27-29-31-33-35-37-39-41-60-42-44(43-61-64(58,59)63-51-49(56)47(54)46(53)48(55)50(51)57)62-45(52)40-38-36-34-32-30-28-26-20-18-16-14-12-10-8-6-4-2/h20,26,44,46-51,53-57H,3-19,21-25,27-43H2,1-2H3,(H,58,59)/b26-20-. The Balaban J connectivity index is 2.31. The fourth-order valence-electron chi connectivity index (χ4n) is 8.41. The Morgan fingerprint density at radius 2 is 0.828 bits per heavy atom. The maximum Gasteiger partial charge on any atom is 0.472 e. The lowest BCUT2D eigenvalue weighted by Gasteiger charge is -2.41. The first-order valence-corrected chi connectivity index (χ1v) is 28.0. The highest BCUT2D eigenvalue weighted by Gasteiger charge is 2.51. The zero-order valence-electron chi connectivity index (χ0n) is 40.9. The summed E-state index contributed by atoms with van der Waals surface area (Å²) in [6.07, 6.45) is 35.7. The van der Waals surface area contributed by atoms with E-state index in [1.807, 2.05) is 0 Å². The molecular weight excluding hydrogens is 836 g/mol. The zero-order valence-corrected chi connectivity index (χ0v) is 41.7. The van der Waals surface area contributed by atoms with Crippen LogP contribution in [0.25, 0.3) is 0 Å². The van der Waals surface area contributed by atoms with Gasteiger partial charge in [-0.25, -0.2) is 4.57 Å². The third-order valence-corrected chi connectivity index (χ3v) is 13.6. The van der Waals surface area contributed by atoms with Crippen molar-refractivity contribution < 1.29 is 58.3 Å². The van der Waals surface area contributed by atoms with Gasteiger partial charge >= 0.3 is 13.8 Å². The van der Waals surface area contributed by atoms with E-state index in [-0.39, 0.29) is 13.0 Å². The second-order valence-electron chi connectivity index (χ2n) is 18.7. The van der Waals surface area contributed by atoms with Crippen LogP contribution in [0.3, 0.4) is 0 Å². The molecule has 0 aromatic heterocycles. The van der Waals surface area contributed by atoms with Crippen molar-refractivity contribution >= 4 is 13.8 Å². The highest BCUT2D eigenvalue weighted by atomic mass is 31.2. The summed E-state index contributed by atoms with van der Waals surface area (Å²) in [6.45, 7) is 4.30. The smallest absolute Gasteiger partial charge is 0.457 e. The quantitative estimate of drug-likeness (QED) is 0.0147. The van der Waals surface area contributed by atoms with E-state index in [9.17, 15) is 39.8 Å². The molecule has 380 valence electrons. The molecule has 1 fully saturated rings. The molecule has 0 aromatic carbocycles. The number of carbonyl (C=O) groups is 1. The second kappa shape index (κ2) is 42.2. The Labute approximate surface area is 390 Å². The predicted molar refractivity (Wildman–Crippen MR) is 258 cm³/mol. The number of hydrogen-bond donors (Lipinski definition) is 6. The first-order valence-electron chi connectivity index (χ1n) is 26.5. The number of aliphatic hydroxyl groups excluding tert-OH is 5. The Morgan fingerprint density at radius 1 is 0.484 bits per heavy atom. The van der Waals surface area contributed by atoms with E-state index in [4.69, 9.17) is 18.5 Å². The van der Waals surface area contributed by atoms with Crippen molar-refractivity contribution in [1.29, 1.82) is 0 Å². The van der Waals surface area contributed by atoms with Crippen LogP contribution >= 0.6 is 7.82 Å². The van der Waals surface area contributed by atoms with Gasteiger partial charge in [-0.2, -0.15) is 0 Å². The topological polar surface area (TPSA) is 192 Å². The third-order valence-electron chi connectivity index (χ3n) is 12.6. The number of rotatable bonds is 46. The molecule has 0 heterocycles. The lowest BCUT2D eigenvalue weighted by molar-refractivity contribution is -0.220. The van der Waals surface area contributed by atoms with Gasteiger partial charge in [-0.1, -0.05) is 212 Å². The second-order valence-corrected chi connectivity index (χ2v) is 20.1. The van der Waals surface area contributed by atoms with Gasteiger partial charge in [0.25, 0.3) is 0 Å². The first kappa shape index (κ1) is 61.1. The Morgan fingerprint density at radius 3 is 1.23 bits per heavy atom. The molecule has 6 N–H and O–H groups in total. The van der Waals surface area contributed by atoms with Crippen LogP contribution in [0.5, 0.6) is 0 Å². The van der Waals surface area contributed by atoms with Crippen molar-refractivity contribution in [3.05, 3.63) is 12.2 Å². The lowest BCUT2D eigenvalue weighted by atomic mass is 9.85. The molecule has 0 radical (unpaired) electrons. The predicted octanol–water partition coefficient (Wildman–Crippen LogP) is 11.9. The van der Waals surface area contributed by atoms with Crippen molar-refractivity contribution in [1.82, 2.24) is 0 Å². The van der Waals surface area contributed by atoms with E-state index >= 15 is 0 Å². The number of aliphatic hydroxyl groups is 5. The van der Waals surface area contributed by atoms with Gasteiger partial charge in [-0.15, -0.1) is 0 Å². The molecule has 1 aliphatic rings. The summed E-state index contributed by atoms with van der Waals surface area (Å²) in [4.78, 5) is 23.2. The number of phosphoric acid groups is 1. The molecule has 1 aliphatic carbocycles. The molecular formula is C51H99O12P. The molecule has 13 heteroatoms. The fourth-order valence-corrected chi connectivity index (χ4v) is 9.38. The van der Waals surface area contributed by atoms with E-state index in [0.29, 0.717) is 13.0 Å². The minimum atomic E-state index is -5.02. The molecule has 1 saturated carbocycles. The summed E-state index contributed by atoms with van der Waals surface area (Å²) >= 11 is 0. The SMILES string of the molecule is CCCCCCCCC/C=C\CCCCCCCC(=O)OC(COCCCCCCCCCCCCCCCCCCCCCCC)COP(=O)(O)OC1C(O)C(O)C(O)C(O)C1O. The number of esters is 1. The van der Waals surface area contributed by atoms with Crippen LogP contribution in [0, 0.1) is 0 Å². The van der Waals surface area contributed by atoms with Crippen molar-refractivity contribution in [3.8, 4) is 0 Å². The Kier molecular flexibility index (Phi) is 40.3. The van der Waals surface area contributed by atoms with Crippen LogP contribution in [0.2, 0.25) is 0 Å². The summed E-state index contributed by atoms with van der Waals surface area (Å²) in [7, 11) is -5.02. The maximum atomic E-state index is 12.9. The third kappa shape index (κ3) is 33.5. The van der Waals surface area contributed by atoms with Gasteiger partial charge in [0.1, 0.15) is 42.7 Å². The number of ether oxygens (including phenoxy) is 2. The van der Waals surface area contributed by atoms with Gasteiger partial charge in [0.15, 0.2) is 0 Å². The molecule has 6 atom stereocenters. The summed E-state index contributed by atoms with van der Waals surface area (Å²) in [5.74, 6) is -0.480. The highest BCUT2D eigenvalue weighted by molar-refractivity contribution is 7.47. The largest absolute Gasteiger partial charge is 0.472 e. The van der Waals surface area contributed by atoms with E-state index in [0.717, 1.165) is 57.8 Å². The fraction of sp³-hybridized carbons (Fsp3) is 0.941. The molecule has 0 amide bonds. The minimum absolute atomic E-state index is 0.0737. The molecule has 0 spiro atoms. The zero-order chi connectivity index (χ0) is 46.9. The molecule has 6 unspecified atom stereocenters. The van der Waals surface area contributed by atoms with E-state index in [1.165, 1.54) is 161 Å². The van der Waals surface area contributed by atoms with Crippen LogP contribution in [0.4, 0.5) is 0 Å². The van der Waals surface area contributed by atoms with Crippen molar-refractivity contribution in [3.63, 3.8) is 0 Å². The molecule has 64 heavy (non-hydrogen) atoms. The number of carbonyl (C=O) groups excluding carboxylic acids is 1. The van der Waals surface area contributed by atoms with Gasteiger partial charge < -0.3 is 39.9 Å². The van der Waals surface area contributed by atoms with Crippen LogP contribution in [0.1, 0.15) is 245 Å². The van der Waals surface area contributed by atoms with Crippen molar-refractivity contribution in [2.75, 3.05) is 19.8 Å². The highest BCUT2D eigenvalue weighted by Crippen LogP contribution is 2.47. The first-order chi connectivity index (χ1) is 31.0. The number of allylic oxidation sites excluding steroid dienone is 2. The van der Waals surface area contributed by atoms with Gasteiger partial charge in [-0.3, -0.25) is 13.8 Å². The molecule has 0 saturated heterocycles. The summed E-state index contributed by atoms with van der Waals surface area (Å²) < 4.78 is 34.3. The van der Waals surface area contributed by atoms with Crippen molar-refractivity contribution in [2.45, 2.75) is 288 Å². The average Bonchev–Trinajstić information content (AvgIpc) is 3.28. The number of unbranched alkanes of at least 4 members (excludes halogenated alkanes) is 32. The van der Waals surface area contributed by atoms with E-state index in [1.54, 1.807) is 0 Å². The summed E-state index contributed by atoms with van der Waals surface area (Å²) in [6, 6.07) is 0. The normalized spacial score (nSPS) is 21.7. The summed E-state index contributed by atoms with van der Waals surface area (Å²) in [5.41, 5.74) is 0. The molecule has 1 rings (SSSR count). The van der Waals surface area contributed by atoms with Gasteiger partial charge in [0.05, 0.1) is 13.2 Å². The molecule has 0 bridgehead atoms. The molecule has 0 aliphatic heterocycles. The van der Waals surface area contributed by atoms with Gasteiger partial charge in [-0.05, 0) is 38.5 Å². The van der Waals surface area contributed by atoms with E-state index < -0.39 is 63.1 Å². The van der Waals surface area contributed by atoms with Gasteiger partial charge in [0.2, 0.25) is 0 Å². The lowest BCUT2D eigenvalue weighted by Crippen LogP contribution is -2.64. The molecule has 12 nitrogen and oxygen atoms in total. The summed E-state index contributed by atoms with van der Waals surface area (Å²) in [5, 5.41) is 50.3. The average molecular weight is 935 g/mol. The maximum absolute atomic E-state index is 12.9.